The third kappa shape index (κ3) is 2.64. The Labute approximate surface area is 125 Å². The minimum absolute atomic E-state index is 0.0657. The molecule has 2 aromatic carbocycles. The van der Waals surface area contributed by atoms with E-state index in [-0.39, 0.29) is 11.9 Å². The molecule has 0 aliphatic carbocycles. The maximum absolute atomic E-state index is 12.8. The van der Waals surface area contributed by atoms with E-state index in [1.165, 1.54) is 11.1 Å². The highest BCUT2D eigenvalue weighted by Crippen LogP contribution is 2.25. The van der Waals surface area contributed by atoms with Crippen LogP contribution in [0.5, 0.6) is 5.75 Å². The van der Waals surface area contributed by atoms with Crippen LogP contribution >= 0.6 is 0 Å². The SMILES string of the molecule is COc1cccc(C(=O)N2Cc3ccccc3C[C@@H]2C)c1. The maximum Gasteiger partial charge on any atom is 0.254 e. The zero-order valence-corrected chi connectivity index (χ0v) is 12.4. The molecule has 21 heavy (non-hydrogen) atoms. The summed E-state index contributed by atoms with van der Waals surface area (Å²) in [5.74, 6) is 0.779. The largest absolute Gasteiger partial charge is 0.497 e. The van der Waals surface area contributed by atoms with Crippen molar-refractivity contribution in [3.05, 3.63) is 65.2 Å². The lowest BCUT2D eigenvalue weighted by atomic mass is 9.94. The molecule has 0 aromatic heterocycles. The standard InChI is InChI=1S/C18H19NO2/c1-13-10-14-6-3-4-7-16(14)12-19(13)18(20)15-8-5-9-17(11-15)21-2/h3-9,11,13H,10,12H2,1-2H3/t13-/m0/s1. The second kappa shape index (κ2) is 5.60. The van der Waals surface area contributed by atoms with Gasteiger partial charge in [-0.3, -0.25) is 4.79 Å². The van der Waals surface area contributed by atoms with Crippen molar-refractivity contribution in [1.82, 2.24) is 4.90 Å². The van der Waals surface area contributed by atoms with Crippen LogP contribution in [0.25, 0.3) is 0 Å². The molecule has 0 fully saturated rings. The zero-order valence-electron chi connectivity index (χ0n) is 12.4. The Morgan fingerprint density at radius 1 is 1.14 bits per heavy atom. The first-order valence-electron chi connectivity index (χ1n) is 7.21. The summed E-state index contributed by atoms with van der Waals surface area (Å²) in [5.41, 5.74) is 3.27. The quantitative estimate of drug-likeness (QED) is 0.845. The number of rotatable bonds is 2. The van der Waals surface area contributed by atoms with E-state index in [4.69, 9.17) is 4.74 Å². The number of carbonyl (C=O) groups excluding carboxylic acids is 1. The Bertz CT molecular complexity index is 666. The van der Waals surface area contributed by atoms with E-state index in [0.717, 1.165) is 6.42 Å². The van der Waals surface area contributed by atoms with E-state index in [9.17, 15) is 4.79 Å². The van der Waals surface area contributed by atoms with Crippen LogP contribution in [0.3, 0.4) is 0 Å². The van der Waals surface area contributed by atoms with Gasteiger partial charge in [-0.25, -0.2) is 0 Å². The number of methoxy groups -OCH3 is 1. The number of carbonyl (C=O) groups is 1. The molecule has 0 saturated carbocycles. The molecule has 1 amide bonds. The number of ether oxygens (including phenoxy) is 1. The summed E-state index contributed by atoms with van der Waals surface area (Å²) in [6, 6.07) is 15.9. The molecule has 3 heteroatoms. The van der Waals surface area contributed by atoms with Crippen LogP contribution in [-0.2, 0) is 13.0 Å². The van der Waals surface area contributed by atoms with Gasteiger partial charge in [0, 0.05) is 18.2 Å². The van der Waals surface area contributed by atoms with E-state index in [2.05, 4.69) is 25.1 Å². The van der Waals surface area contributed by atoms with E-state index < -0.39 is 0 Å². The Morgan fingerprint density at radius 3 is 2.67 bits per heavy atom. The minimum Gasteiger partial charge on any atom is -0.497 e. The summed E-state index contributed by atoms with van der Waals surface area (Å²) >= 11 is 0. The Hall–Kier alpha value is -2.29. The van der Waals surface area contributed by atoms with E-state index in [0.29, 0.717) is 17.9 Å². The van der Waals surface area contributed by atoms with Crippen molar-refractivity contribution in [2.45, 2.75) is 25.9 Å². The lowest BCUT2D eigenvalue weighted by Crippen LogP contribution is -2.42. The lowest BCUT2D eigenvalue weighted by Gasteiger charge is -2.35. The fourth-order valence-corrected chi connectivity index (χ4v) is 2.87. The van der Waals surface area contributed by atoms with Crippen LogP contribution in [-0.4, -0.2) is 24.0 Å². The van der Waals surface area contributed by atoms with Crippen LogP contribution in [0, 0.1) is 0 Å². The van der Waals surface area contributed by atoms with Crippen molar-refractivity contribution in [2.24, 2.45) is 0 Å². The fraction of sp³-hybridized carbons (Fsp3) is 0.278. The van der Waals surface area contributed by atoms with Gasteiger partial charge in [0.2, 0.25) is 0 Å². The average molecular weight is 281 g/mol. The molecule has 1 heterocycles. The average Bonchev–Trinajstić information content (AvgIpc) is 2.53. The molecule has 3 nitrogen and oxygen atoms in total. The number of fused-ring (bicyclic) bond motifs is 1. The summed E-state index contributed by atoms with van der Waals surface area (Å²) in [6.07, 6.45) is 0.909. The van der Waals surface area contributed by atoms with Crippen LogP contribution in [0.1, 0.15) is 28.4 Å². The first kappa shape index (κ1) is 13.7. The molecular formula is C18H19NO2. The van der Waals surface area contributed by atoms with Gasteiger partial charge < -0.3 is 9.64 Å². The summed E-state index contributed by atoms with van der Waals surface area (Å²) < 4.78 is 5.20. The molecule has 0 bridgehead atoms. The topological polar surface area (TPSA) is 29.5 Å². The molecule has 108 valence electrons. The van der Waals surface area contributed by atoms with Gasteiger partial charge in [0.05, 0.1) is 7.11 Å². The van der Waals surface area contributed by atoms with Gasteiger partial charge in [-0.05, 0) is 42.7 Å². The Balaban J connectivity index is 1.88. The Morgan fingerprint density at radius 2 is 1.90 bits per heavy atom. The number of nitrogens with zero attached hydrogens (tertiary/aromatic N) is 1. The molecule has 2 aromatic rings. The first-order chi connectivity index (χ1) is 10.2. The highest BCUT2D eigenvalue weighted by Gasteiger charge is 2.27. The third-order valence-corrected chi connectivity index (χ3v) is 4.08. The Kier molecular flexibility index (Phi) is 3.65. The molecule has 0 spiro atoms. The van der Waals surface area contributed by atoms with Crippen molar-refractivity contribution in [3.8, 4) is 5.75 Å². The summed E-state index contributed by atoms with van der Waals surface area (Å²) in [7, 11) is 1.61. The molecule has 0 N–H and O–H groups in total. The number of amides is 1. The minimum atomic E-state index is 0.0657. The van der Waals surface area contributed by atoms with E-state index in [1.54, 1.807) is 13.2 Å². The van der Waals surface area contributed by atoms with Gasteiger partial charge in [0.15, 0.2) is 0 Å². The maximum atomic E-state index is 12.8. The predicted molar refractivity (Wildman–Crippen MR) is 82.5 cm³/mol. The summed E-state index contributed by atoms with van der Waals surface area (Å²) in [5, 5.41) is 0. The van der Waals surface area contributed by atoms with Gasteiger partial charge in [-0.2, -0.15) is 0 Å². The van der Waals surface area contributed by atoms with Crippen LogP contribution < -0.4 is 4.74 Å². The second-order valence-corrected chi connectivity index (χ2v) is 5.49. The zero-order chi connectivity index (χ0) is 14.8. The van der Waals surface area contributed by atoms with Crippen LogP contribution in [0.2, 0.25) is 0 Å². The molecule has 1 atom stereocenters. The first-order valence-corrected chi connectivity index (χ1v) is 7.21. The van der Waals surface area contributed by atoms with E-state index in [1.807, 2.05) is 29.2 Å². The monoisotopic (exact) mass is 281 g/mol. The molecule has 0 saturated heterocycles. The lowest BCUT2D eigenvalue weighted by molar-refractivity contribution is 0.0658. The summed E-state index contributed by atoms with van der Waals surface area (Å²) in [6.45, 7) is 2.78. The molecule has 1 aliphatic heterocycles. The van der Waals surface area contributed by atoms with Gasteiger partial charge >= 0.3 is 0 Å². The van der Waals surface area contributed by atoms with Gasteiger partial charge in [-0.1, -0.05) is 30.3 Å². The van der Waals surface area contributed by atoms with Crippen LogP contribution in [0.15, 0.2) is 48.5 Å². The predicted octanol–water partition coefficient (Wildman–Crippen LogP) is 3.28. The van der Waals surface area contributed by atoms with Crippen LogP contribution in [0.4, 0.5) is 0 Å². The molecule has 0 radical (unpaired) electrons. The summed E-state index contributed by atoms with van der Waals surface area (Å²) in [4.78, 5) is 14.7. The van der Waals surface area contributed by atoms with Crippen molar-refractivity contribution in [1.29, 1.82) is 0 Å². The van der Waals surface area contributed by atoms with Gasteiger partial charge in [0.25, 0.3) is 5.91 Å². The molecule has 3 rings (SSSR count). The van der Waals surface area contributed by atoms with Crippen molar-refractivity contribution >= 4 is 5.91 Å². The smallest absolute Gasteiger partial charge is 0.254 e. The number of hydrogen-bond acceptors (Lipinski definition) is 2. The van der Waals surface area contributed by atoms with Gasteiger partial charge in [0.1, 0.15) is 5.75 Å². The molecule has 1 aliphatic rings. The van der Waals surface area contributed by atoms with Crippen molar-refractivity contribution in [3.63, 3.8) is 0 Å². The normalized spacial score (nSPS) is 17.2. The third-order valence-electron chi connectivity index (χ3n) is 4.08. The van der Waals surface area contributed by atoms with E-state index >= 15 is 0 Å². The highest BCUT2D eigenvalue weighted by molar-refractivity contribution is 5.95. The fourth-order valence-electron chi connectivity index (χ4n) is 2.87. The number of hydrogen-bond donors (Lipinski definition) is 0. The van der Waals surface area contributed by atoms with Crippen molar-refractivity contribution < 1.29 is 9.53 Å². The highest BCUT2D eigenvalue weighted by atomic mass is 16.5. The molecule has 0 unspecified atom stereocenters. The number of benzene rings is 2. The molecular weight excluding hydrogens is 262 g/mol. The van der Waals surface area contributed by atoms with Gasteiger partial charge in [-0.15, -0.1) is 0 Å². The second-order valence-electron chi connectivity index (χ2n) is 5.49. The van der Waals surface area contributed by atoms with Crippen molar-refractivity contribution in [2.75, 3.05) is 7.11 Å².